The minimum absolute atomic E-state index is 0. The van der Waals surface area contributed by atoms with Crippen molar-refractivity contribution >= 4 is 29.9 Å². The number of ether oxygens (including phenoxy) is 1. The molecule has 1 aliphatic heterocycles. The highest BCUT2D eigenvalue weighted by atomic mass is 35.5. The summed E-state index contributed by atoms with van der Waals surface area (Å²) in [6.07, 6.45) is 3.82. The van der Waals surface area contributed by atoms with Gasteiger partial charge in [0.25, 0.3) is 0 Å². The lowest BCUT2D eigenvalue weighted by Gasteiger charge is -2.12. The summed E-state index contributed by atoms with van der Waals surface area (Å²) < 4.78 is 5.25. The topological polar surface area (TPSA) is 50.4 Å². The van der Waals surface area contributed by atoms with Crippen LogP contribution in [0.4, 0.5) is 0 Å². The molecule has 1 aliphatic rings. The van der Waals surface area contributed by atoms with E-state index in [4.69, 9.17) is 16.3 Å². The lowest BCUT2D eigenvalue weighted by molar-refractivity contribution is -0.121. The zero-order valence-electron chi connectivity index (χ0n) is 12.2. The molecule has 6 heteroatoms. The minimum atomic E-state index is 0. The molecule has 2 N–H and O–H groups in total. The van der Waals surface area contributed by atoms with Gasteiger partial charge in [-0.3, -0.25) is 4.79 Å². The molecular formula is C15H22Cl2N2O2. The molecule has 21 heavy (non-hydrogen) atoms. The predicted molar refractivity (Wildman–Crippen MR) is 87.4 cm³/mol. The number of hydrogen-bond donors (Lipinski definition) is 2. The van der Waals surface area contributed by atoms with Crippen LogP contribution in [0.2, 0.25) is 5.02 Å². The van der Waals surface area contributed by atoms with Crippen molar-refractivity contribution in [2.75, 3.05) is 13.7 Å². The van der Waals surface area contributed by atoms with Crippen molar-refractivity contribution in [3.63, 3.8) is 0 Å². The van der Waals surface area contributed by atoms with E-state index in [0.29, 0.717) is 29.8 Å². The number of halogens is 2. The molecular weight excluding hydrogens is 311 g/mol. The molecule has 0 bridgehead atoms. The quantitative estimate of drug-likeness (QED) is 0.842. The second-order valence-corrected chi connectivity index (χ2v) is 5.44. The average molecular weight is 333 g/mol. The summed E-state index contributed by atoms with van der Waals surface area (Å²) in [5.74, 6) is 0.760. The van der Waals surface area contributed by atoms with E-state index in [1.54, 1.807) is 13.2 Å². The Bertz CT molecular complexity index is 463. The Labute approximate surface area is 137 Å². The number of amides is 1. The van der Waals surface area contributed by atoms with Crippen LogP contribution in [0, 0.1) is 0 Å². The van der Waals surface area contributed by atoms with Crippen LogP contribution >= 0.6 is 24.0 Å². The molecule has 1 aromatic carbocycles. The van der Waals surface area contributed by atoms with Crippen molar-refractivity contribution in [2.24, 2.45) is 0 Å². The van der Waals surface area contributed by atoms with Crippen molar-refractivity contribution in [1.29, 1.82) is 0 Å². The molecule has 1 fully saturated rings. The molecule has 2 rings (SSSR count). The molecule has 0 aromatic heterocycles. The minimum Gasteiger partial charge on any atom is -0.496 e. The molecule has 0 spiro atoms. The first-order valence-corrected chi connectivity index (χ1v) is 7.40. The van der Waals surface area contributed by atoms with Gasteiger partial charge in [0.1, 0.15) is 5.75 Å². The molecule has 0 saturated carbocycles. The van der Waals surface area contributed by atoms with Crippen LogP contribution in [0.15, 0.2) is 18.2 Å². The fraction of sp³-hybridized carbons (Fsp3) is 0.533. The number of rotatable bonds is 6. The first-order valence-electron chi connectivity index (χ1n) is 7.02. The summed E-state index contributed by atoms with van der Waals surface area (Å²) in [6.45, 7) is 1.48. The zero-order chi connectivity index (χ0) is 14.4. The summed E-state index contributed by atoms with van der Waals surface area (Å²) in [5.41, 5.74) is 0.823. The van der Waals surface area contributed by atoms with E-state index in [9.17, 15) is 4.79 Å². The van der Waals surface area contributed by atoms with Gasteiger partial charge in [-0.05, 0) is 37.9 Å². The molecule has 1 saturated heterocycles. The van der Waals surface area contributed by atoms with Crippen molar-refractivity contribution in [3.8, 4) is 5.75 Å². The SMILES string of the molecule is COc1cccc(Cl)c1CNC(=O)CCC1CCCN1.Cl. The van der Waals surface area contributed by atoms with Gasteiger partial charge in [-0.2, -0.15) is 0 Å². The largest absolute Gasteiger partial charge is 0.496 e. The molecule has 118 valence electrons. The third-order valence-corrected chi connectivity index (χ3v) is 3.99. The van der Waals surface area contributed by atoms with Crippen molar-refractivity contribution in [2.45, 2.75) is 38.3 Å². The summed E-state index contributed by atoms with van der Waals surface area (Å²) in [7, 11) is 1.60. The molecule has 1 heterocycles. The van der Waals surface area contributed by atoms with Crippen LogP contribution in [-0.2, 0) is 11.3 Å². The van der Waals surface area contributed by atoms with Crippen LogP contribution in [0.1, 0.15) is 31.2 Å². The van der Waals surface area contributed by atoms with Gasteiger partial charge in [0.2, 0.25) is 5.91 Å². The van der Waals surface area contributed by atoms with Crippen molar-refractivity contribution in [1.82, 2.24) is 10.6 Å². The number of carbonyl (C=O) groups is 1. The van der Waals surface area contributed by atoms with E-state index in [-0.39, 0.29) is 18.3 Å². The highest BCUT2D eigenvalue weighted by Crippen LogP contribution is 2.25. The number of hydrogen-bond acceptors (Lipinski definition) is 3. The normalized spacial score (nSPS) is 17.1. The van der Waals surface area contributed by atoms with Gasteiger partial charge in [0.05, 0.1) is 7.11 Å². The first kappa shape index (κ1) is 18.1. The second kappa shape index (κ2) is 9.13. The van der Waals surface area contributed by atoms with E-state index >= 15 is 0 Å². The first-order chi connectivity index (χ1) is 9.70. The Morgan fingerprint density at radius 2 is 2.33 bits per heavy atom. The Kier molecular flexibility index (Phi) is 7.86. The summed E-state index contributed by atoms with van der Waals surface area (Å²) >= 11 is 6.13. The van der Waals surface area contributed by atoms with Crippen LogP contribution in [-0.4, -0.2) is 25.6 Å². The Morgan fingerprint density at radius 3 is 3.00 bits per heavy atom. The lowest BCUT2D eigenvalue weighted by Crippen LogP contribution is -2.27. The molecule has 1 atom stereocenters. The standard InChI is InChI=1S/C15H21ClN2O2.ClH/c1-20-14-6-2-5-13(16)12(14)10-18-15(19)8-7-11-4-3-9-17-11;/h2,5-6,11,17H,3-4,7-10H2,1H3,(H,18,19);1H. The van der Waals surface area contributed by atoms with Crippen LogP contribution < -0.4 is 15.4 Å². The Morgan fingerprint density at radius 1 is 1.52 bits per heavy atom. The van der Waals surface area contributed by atoms with Gasteiger partial charge in [-0.15, -0.1) is 12.4 Å². The summed E-state index contributed by atoms with van der Waals surface area (Å²) in [6, 6.07) is 5.97. The van der Waals surface area contributed by atoms with Gasteiger partial charge >= 0.3 is 0 Å². The Balaban J connectivity index is 0.00000220. The van der Waals surface area contributed by atoms with E-state index in [2.05, 4.69) is 10.6 Å². The number of methoxy groups -OCH3 is 1. The van der Waals surface area contributed by atoms with E-state index < -0.39 is 0 Å². The van der Waals surface area contributed by atoms with Crippen molar-refractivity contribution < 1.29 is 9.53 Å². The monoisotopic (exact) mass is 332 g/mol. The van der Waals surface area contributed by atoms with Crippen LogP contribution in [0.3, 0.4) is 0 Å². The highest BCUT2D eigenvalue weighted by Gasteiger charge is 2.15. The molecule has 1 unspecified atom stereocenters. The zero-order valence-corrected chi connectivity index (χ0v) is 13.7. The van der Waals surface area contributed by atoms with E-state index in [0.717, 1.165) is 18.5 Å². The predicted octanol–water partition coefficient (Wildman–Crippen LogP) is 2.92. The fourth-order valence-electron chi connectivity index (χ4n) is 2.49. The molecule has 1 aromatic rings. The molecule has 4 nitrogen and oxygen atoms in total. The Hall–Kier alpha value is -0.970. The van der Waals surface area contributed by atoms with Gasteiger partial charge in [0, 0.05) is 29.6 Å². The molecule has 1 amide bonds. The maximum Gasteiger partial charge on any atom is 0.220 e. The summed E-state index contributed by atoms with van der Waals surface area (Å²) in [4.78, 5) is 11.9. The maximum atomic E-state index is 11.9. The molecule has 0 radical (unpaired) electrons. The van der Waals surface area contributed by atoms with Gasteiger partial charge < -0.3 is 15.4 Å². The van der Waals surface area contributed by atoms with Gasteiger partial charge in [-0.1, -0.05) is 17.7 Å². The number of nitrogens with one attached hydrogen (secondary N) is 2. The van der Waals surface area contributed by atoms with Crippen molar-refractivity contribution in [3.05, 3.63) is 28.8 Å². The second-order valence-electron chi connectivity index (χ2n) is 5.03. The summed E-state index contributed by atoms with van der Waals surface area (Å²) in [5, 5.41) is 6.91. The third kappa shape index (κ3) is 5.38. The number of carbonyl (C=O) groups excluding carboxylic acids is 1. The van der Waals surface area contributed by atoms with Crippen LogP contribution in [0.25, 0.3) is 0 Å². The fourth-order valence-corrected chi connectivity index (χ4v) is 2.72. The lowest BCUT2D eigenvalue weighted by atomic mass is 10.1. The highest BCUT2D eigenvalue weighted by molar-refractivity contribution is 6.31. The third-order valence-electron chi connectivity index (χ3n) is 3.64. The number of benzene rings is 1. The van der Waals surface area contributed by atoms with E-state index in [1.807, 2.05) is 12.1 Å². The van der Waals surface area contributed by atoms with Gasteiger partial charge in [0.15, 0.2) is 0 Å². The van der Waals surface area contributed by atoms with Gasteiger partial charge in [-0.25, -0.2) is 0 Å². The smallest absolute Gasteiger partial charge is 0.220 e. The van der Waals surface area contributed by atoms with E-state index in [1.165, 1.54) is 12.8 Å². The molecule has 0 aliphatic carbocycles. The average Bonchev–Trinajstić information content (AvgIpc) is 2.96. The van der Waals surface area contributed by atoms with Crippen LogP contribution in [0.5, 0.6) is 5.75 Å². The maximum absolute atomic E-state index is 11.9.